The molecule has 0 aromatic heterocycles. The van der Waals surface area contributed by atoms with Crippen LogP contribution in [0.5, 0.6) is 5.75 Å². The molecule has 0 fully saturated rings. The third kappa shape index (κ3) is 5.19. The second-order valence-corrected chi connectivity index (χ2v) is 5.53. The van der Waals surface area contributed by atoms with Gasteiger partial charge in [-0.1, -0.05) is 26.8 Å². The van der Waals surface area contributed by atoms with Crippen LogP contribution in [0.25, 0.3) is 0 Å². The zero-order valence-corrected chi connectivity index (χ0v) is 12.7. The molecule has 0 spiro atoms. The zero-order chi connectivity index (χ0) is 14.4. The van der Waals surface area contributed by atoms with Crippen molar-refractivity contribution in [3.8, 4) is 5.75 Å². The van der Waals surface area contributed by atoms with Gasteiger partial charge in [0.25, 0.3) is 0 Å². The van der Waals surface area contributed by atoms with E-state index in [0.717, 1.165) is 18.5 Å². The fourth-order valence-electron chi connectivity index (χ4n) is 2.23. The van der Waals surface area contributed by atoms with Gasteiger partial charge in [-0.3, -0.25) is 0 Å². The van der Waals surface area contributed by atoms with Crippen LogP contribution in [0, 0.1) is 11.7 Å². The lowest BCUT2D eigenvalue weighted by atomic mass is 10.1. The van der Waals surface area contributed by atoms with E-state index in [9.17, 15) is 4.39 Å². The molecule has 3 heteroatoms. The first-order valence-corrected chi connectivity index (χ1v) is 7.13. The van der Waals surface area contributed by atoms with Gasteiger partial charge < -0.3 is 10.1 Å². The molecular formula is C16H26FNO. The third-order valence-corrected chi connectivity index (χ3v) is 3.10. The topological polar surface area (TPSA) is 21.3 Å². The quantitative estimate of drug-likeness (QED) is 0.795. The summed E-state index contributed by atoms with van der Waals surface area (Å²) in [4.78, 5) is 0. The maximum Gasteiger partial charge on any atom is 0.165 e. The summed E-state index contributed by atoms with van der Waals surface area (Å²) < 4.78 is 19.7. The molecule has 2 unspecified atom stereocenters. The van der Waals surface area contributed by atoms with Crippen LogP contribution in [0.4, 0.5) is 4.39 Å². The molecule has 19 heavy (non-hydrogen) atoms. The van der Waals surface area contributed by atoms with E-state index in [0.29, 0.717) is 11.7 Å². The molecular weight excluding hydrogens is 241 g/mol. The van der Waals surface area contributed by atoms with Gasteiger partial charge in [-0.25, -0.2) is 4.39 Å². The van der Waals surface area contributed by atoms with Crippen LogP contribution in [0.3, 0.4) is 0 Å². The highest BCUT2D eigenvalue weighted by Crippen LogP contribution is 2.24. The monoisotopic (exact) mass is 267 g/mol. The van der Waals surface area contributed by atoms with Crippen molar-refractivity contribution in [2.45, 2.75) is 53.2 Å². The Balaban J connectivity index is 2.71. The highest BCUT2D eigenvalue weighted by atomic mass is 19.1. The van der Waals surface area contributed by atoms with Gasteiger partial charge in [0, 0.05) is 6.04 Å². The van der Waals surface area contributed by atoms with Gasteiger partial charge in [0.15, 0.2) is 11.6 Å². The summed E-state index contributed by atoms with van der Waals surface area (Å²) >= 11 is 0. The molecule has 1 N–H and O–H groups in total. The van der Waals surface area contributed by atoms with Crippen molar-refractivity contribution in [3.05, 3.63) is 29.6 Å². The molecule has 0 bridgehead atoms. The molecule has 2 nitrogen and oxygen atoms in total. The molecule has 0 saturated heterocycles. The fraction of sp³-hybridized carbons (Fsp3) is 0.625. The molecule has 0 amide bonds. The first kappa shape index (κ1) is 16.0. The van der Waals surface area contributed by atoms with E-state index in [2.05, 4.69) is 19.2 Å². The Morgan fingerprint density at radius 1 is 1.21 bits per heavy atom. The Morgan fingerprint density at radius 2 is 1.89 bits per heavy atom. The van der Waals surface area contributed by atoms with Crippen LogP contribution in [-0.2, 0) is 0 Å². The number of hydrogen-bond acceptors (Lipinski definition) is 2. The summed E-state index contributed by atoms with van der Waals surface area (Å²) in [6, 6.07) is 5.37. The van der Waals surface area contributed by atoms with E-state index < -0.39 is 0 Å². The number of halogens is 1. The lowest BCUT2D eigenvalue weighted by Crippen LogP contribution is -2.18. The van der Waals surface area contributed by atoms with Gasteiger partial charge in [-0.15, -0.1) is 0 Å². The molecule has 108 valence electrons. The van der Waals surface area contributed by atoms with E-state index in [4.69, 9.17) is 4.74 Å². The van der Waals surface area contributed by atoms with Crippen LogP contribution in [0.1, 0.15) is 52.6 Å². The summed E-state index contributed by atoms with van der Waals surface area (Å²) in [5.41, 5.74) is 0.947. The number of ether oxygens (including phenoxy) is 1. The summed E-state index contributed by atoms with van der Waals surface area (Å²) in [5, 5.41) is 3.27. The summed E-state index contributed by atoms with van der Waals surface area (Å²) in [6.45, 7) is 11.2. The van der Waals surface area contributed by atoms with E-state index >= 15 is 0 Å². The van der Waals surface area contributed by atoms with E-state index in [-0.39, 0.29) is 18.0 Å². The van der Waals surface area contributed by atoms with Crippen molar-refractivity contribution in [2.75, 3.05) is 6.54 Å². The first-order chi connectivity index (χ1) is 8.93. The van der Waals surface area contributed by atoms with Gasteiger partial charge in [-0.05, 0) is 50.4 Å². The van der Waals surface area contributed by atoms with Crippen molar-refractivity contribution < 1.29 is 9.13 Å². The van der Waals surface area contributed by atoms with Gasteiger partial charge >= 0.3 is 0 Å². The smallest absolute Gasteiger partial charge is 0.165 e. The van der Waals surface area contributed by atoms with Crippen LogP contribution in [0.15, 0.2) is 18.2 Å². The molecule has 0 saturated carbocycles. The van der Waals surface area contributed by atoms with Gasteiger partial charge in [0.1, 0.15) is 0 Å². The standard InChI is InChI=1S/C16H26FNO/c1-6-18-13(5)14-7-8-16(15(17)10-14)19-12(4)9-11(2)3/h7-8,10-13,18H,6,9H2,1-5H3. The average molecular weight is 267 g/mol. The predicted molar refractivity (Wildman–Crippen MR) is 78.0 cm³/mol. The van der Waals surface area contributed by atoms with Crippen molar-refractivity contribution in [2.24, 2.45) is 5.92 Å². The Hall–Kier alpha value is -1.09. The largest absolute Gasteiger partial charge is 0.488 e. The van der Waals surface area contributed by atoms with Crippen molar-refractivity contribution >= 4 is 0 Å². The van der Waals surface area contributed by atoms with Crippen LogP contribution >= 0.6 is 0 Å². The number of rotatable bonds is 7. The minimum Gasteiger partial charge on any atom is -0.488 e. The lowest BCUT2D eigenvalue weighted by Gasteiger charge is -2.18. The molecule has 0 aliphatic carbocycles. The number of hydrogen-bond donors (Lipinski definition) is 1. The molecule has 0 aliphatic heterocycles. The summed E-state index contributed by atoms with van der Waals surface area (Å²) in [6.07, 6.45) is 0.959. The van der Waals surface area contributed by atoms with Crippen LogP contribution in [0.2, 0.25) is 0 Å². The minimum atomic E-state index is -0.280. The Bertz CT molecular complexity index is 392. The molecule has 0 heterocycles. The molecule has 1 aromatic carbocycles. The Morgan fingerprint density at radius 3 is 2.42 bits per heavy atom. The van der Waals surface area contributed by atoms with Gasteiger partial charge in [0.05, 0.1) is 6.10 Å². The van der Waals surface area contributed by atoms with Gasteiger partial charge in [0.2, 0.25) is 0 Å². The first-order valence-electron chi connectivity index (χ1n) is 7.13. The highest BCUT2D eigenvalue weighted by Gasteiger charge is 2.12. The van der Waals surface area contributed by atoms with E-state index in [1.165, 1.54) is 0 Å². The fourth-order valence-corrected chi connectivity index (χ4v) is 2.23. The molecule has 0 aliphatic rings. The minimum absolute atomic E-state index is 0.0338. The van der Waals surface area contributed by atoms with Crippen molar-refractivity contribution in [3.63, 3.8) is 0 Å². The van der Waals surface area contributed by atoms with E-state index in [1.807, 2.05) is 26.8 Å². The number of nitrogens with one attached hydrogen (secondary N) is 1. The normalized spacial score (nSPS) is 14.5. The second kappa shape index (κ2) is 7.49. The highest BCUT2D eigenvalue weighted by molar-refractivity contribution is 5.31. The van der Waals surface area contributed by atoms with Crippen molar-refractivity contribution in [1.29, 1.82) is 0 Å². The molecule has 0 radical (unpaired) electrons. The van der Waals surface area contributed by atoms with E-state index in [1.54, 1.807) is 12.1 Å². The average Bonchev–Trinajstić information content (AvgIpc) is 2.31. The Kier molecular flexibility index (Phi) is 6.29. The second-order valence-electron chi connectivity index (χ2n) is 5.53. The van der Waals surface area contributed by atoms with Crippen LogP contribution < -0.4 is 10.1 Å². The molecule has 1 aromatic rings. The van der Waals surface area contributed by atoms with Crippen LogP contribution in [-0.4, -0.2) is 12.6 Å². The molecule has 2 atom stereocenters. The maximum atomic E-state index is 14.0. The summed E-state index contributed by atoms with van der Waals surface area (Å²) in [7, 11) is 0. The zero-order valence-electron chi connectivity index (χ0n) is 12.7. The lowest BCUT2D eigenvalue weighted by molar-refractivity contribution is 0.185. The van der Waals surface area contributed by atoms with Gasteiger partial charge in [-0.2, -0.15) is 0 Å². The Labute approximate surface area is 116 Å². The van der Waals surface area contributed by atoms with Crippen molar-refractivity contribution in [1.82, 2.24) is 5.32 Å². The summed E-state index contributed by atoms with van der Waals surface area (Å²) in [5.74, 6) is 0.615. The maximum absolute atomic E-state index is 14.0. The predicted octanol–water partition coefficient (Wildman–Crippen LogP) is 4.31. The number of benzene rings is 1. The molecule has 1 rings (SSSR count). The third-order valence-electron chi connectivity index (χ3n) is 3.10. The SMILES string of the molecule is CCNC(C)c1ccc(OC(C)CC(C)C)c(F)c1.